The largest absolute Gasteiger partial charge is 0.344 e. The molecule has 1 atom stereocenters. The van der Waals surface area contributed by atoms with Crippen molar-refractivity contribution >= 4 is 23.4 Å². The van der Waals surface area contributed by atoms with Gasteiger partial charge in [-0.2, -0.15) is 0 Å². The SMILES string of the molecule is CC(=O)Nc1ccc(CN2CCCN(C(=O)C(Cc3ccccc3F)NC(C)=O)CC2)cc1. The van der Waals surface area contributed by atoms with E-state index in [0.29, 0.717) is 25.2 Å². The summed E-state index contributed by atoms with van der Waals surface area (Å²) in [5.41, 5.74) is 2.29. The van der Waals surface area contributed by atoms with Crippen LogP contribution in [0.25, 0.3) is 0 Å². The van der Waals surface area contributed by atoms with Crippen molar-refractivity contribution in [3.8, 4) is 0 Å². The Balaban J connectivity index is 1.60. The van der Waals surface area contributed by atoms with E-state index < -0.39 is 6.04 Å². The lowest BCUT2D eigenvalue weighted by molar-refractivity contribution is -0.136. The van der Waals surface area contributed by atoms with Gasteiger partial charge in [0.25, 0.3) is 0 Å². The van der Waals surface area contributed by atoms with Crippen molar-refractivity contribution in [3.63, 3.8) is 0 Å². The van der Waals surface area contributed by atoms with Crippen LogP contribution in [0.2, 0.25) is 0 Å². The van der Waals surface area contributed by atoms with E-state index in [1.807, 2.05) is 24.3 Å². The molecule has 0 radical (unpaired) electrons. The summed E-state index contributed by atoms with van der Waals surface area (Å²) >= 11 is 0. The van der Waals surface area contributed by atoms with Gasteiger partial charge in [0.05, 0.1) is 0 Å². The molecule has 1 aliphatic heterocycles. The van der Waals surface area contributed by atoms with E-state index >= 15 is 0 Å². The molecule has 1 fully saturated rings. The minimum atomic E-state index is -0.799. The van der Waals surface area contributed by atoms with E-state index in [4.69, 9.17) is 0 Å². The molecule has 3 rings (SSSR count). The van der Waals surface area contributed by atoms with Crippen LogP contribution in [0, 0.1) is 5.82 Å². The Morgan fingerprint density at radius 1 is 0.939 bits per heavy atom. The molecule has 1 unspecified atom stereocenters. The van der Waals surface area contributed by atoms with Gasteiger partial charge in [-0.1, -0.05) is 30.3 Å². The molecule has 2 N–H and O–H groups in total. The molecule has 176 valence electrons. The van der Waals surface area contributed by atoms with Crippen molar-refractivity contribution < 1.29 is 18.8 Å². The van der Waals surface area contributed by atoms with Gasteiger partial charge < -0.3 is 15.5 Å². The number of amides is 3. The minimum Gasteiger partial charge on any atom is -0.344 e. The van der Waals surface area contributed by atoms with Crippen molar-refractivity contribution in [1.82, 2.24) is 15.1 Å². The Bertz CT molecular complexity index is 980. The number of hydrogen-bond donors (Lipinski definition) is 2. The first-order valence-electron chi connectivity index (χ1n) is 11.2. The van der Waals surface area contributed by atoms with Gasteiger partial charge >= 0.3 is 0 Å². The van der Waals surface area contributed by atoms with Crippen LogP contribution in [0.1, 0.15) is 31.4 Å². The van der Waals surface area contributed by atoms with E-state index in [9.17, 15) is 18.8 Å². The first kappa shape index (κ1) is 24.4. The lowest BCUT2D eigenvalue weighted by Crippen LogP contribution is -2.50. The van der Waals surface area contributed by atoms with Crippen LogP contribution in [0.15, 0.2) is 48.5 Å². The number of carbonyl (C=O) groups is 3. The van der Waals surface area contributed by atoms with E-state index in [0.717, 1.165) is 30.8 Å². The number of nitrogens with zero attached hydrogens (tertiary/aromatic N) is 2. The smallest absolute Gasteiger partial charge is 0.245 e. The third kappa shape index (κ3) is 7.39. The molecule has 2 aromatic rings. The van der Waals surface area contributed by atoms with Gasteiger partial charge in [0.2, 0.25) is 17.7 Å². The zero-order valence-electron chi connectivity index (χ0n) is 19.1. The van der Waals surface area contributed by atoms with Crippen LogP contribution in [0.5, 0.6) is 0 Å². The lowest BCUT2D eigenvalue weighted by Gasteiger charge is -2.27. The van der Waals surface area contributed by atoms with Crippen molar-refractivity contribution in [2.45, 2.75) is 39.3 Å². The zero-order valence-corrected chi connectivity index (χ0v) is 19.1. The fourth-order valence-corrected chi connectivity index (χ4v) is 4.05. The Morgan fingerprint density at radius 3 is 2.33 bits per heavy atom. The number of halogens is 1. The van der Waals surface area contributed by atoms with Crippen LogP contribution in [-0.2, 0) is 27.3 Å². The molecule has 0 saturated carbocycles. The molecule has 0 bridgehead atoms. The monoisotopic (exact) mass is 454 g/mol. The summed E-state index contributed by atoms with van der Waals surface area (Å²) in [6.45, 7) is 6.25. The first-order valence-corrected chi connectivity index (χ1v) is 11.2. The third-order valence-corrected chi connectivity index (χ3v) is 5.64. The maximum Gasteiger partial charge on any atom is 0.245 e. The number of anilines is 1. The lowest BCUT2D eigenvalue weighted by atomic mass is 10.0. The van der Waals surface area contributed by atoms with E-state index in [-0.39, 0.29) is 30.0 Å². The third-order valence-electron chi connectivity index (χ3n) is 5.64. The number of benzene rings is 2. The topological polar surface area (TPSA) is 81.8 Å². The average Bonchev–Trinajstić information content (AvgIpc) is 3.00. The number of rotatable bonds is 7. The fourth-order valence-electron chi connectivity index (χ4n) is 4.05. The highest BCUT2D eigenvalue weighted by Crippen LogP contribution is 2.15. The summed E-state index contributed by atoms with van der Waals surface area (Å²) in [5, 5.41) is 5.46. The highest BCUT2D eigenvalue weighted by atomic mass is 19.1. The summed E-state index contributed by atoms with van der Waals surface area (Å²) in [6.07, 6.45) is 0.925. The van der Waals surface area contributed by atoms with Gasteiger partial charge in [0.1, 0.15) is 11.9 Å². The number of nitrogens with one attached hydrogen (secondary N) is 2. The molecule has 3 amide bonds. The minimum absolute atomic E-state index is 0.104. The Labute approximate surface area is 193 Å². The van der Waals surface area contributed by atoms with Crippen LogP contribution >= 0.6 is 0 Å². The predicted octanol–water partition coefficient (Wildman–Crippen LogP) is 2.57. The Morgan fingerprint density at radius 2 is 1.67 bits per heavy atom. The summed E-state index contributed by atoms with van der Waals surface area (Å²) in [4.78, 5) is 40.2. The summed E-state index contributed by atoms with van der Waals surface area (Å²) in [5.74, 6) is -0.987. The standard InChI is InChI=1S/C25H31FN4O3/c1-18(31)27-22-10-8-20(9-11-22)17-29-12-5-13-30(15-14-29)25(33)24(28-19(2)32)16-21-6-3-4-7-23(21)26/h3-4,6-11,24H,5,12-17H2,1-2H3,(H,27,31)(H,28,32). The van der Waals surface area contributed by atoms with E-state index in [1.54, 1.807) is 23.1 Å². The second-order valence-corrected chi connectivity index (χ2v) is 8.38. The molecular formula is C25H31FN4O3. The second kappa shape index (κ2) is 11.6. The van der Waals surface area contributed by atoms with Gasteiger partial charge in [-0.25, -0.2) is 4.39 Å². The summed E-state index contributed by atoms with van der Waals surface area (Å²) < 4.78 is 14.1. The molecule has 0 spiro atoms. The molecule has 33 heavy (non-hydrogen) atoms. The Hall–Kier alpha value is -3.26. The molecular weight excluding hydrogens is 423 g/mol. The van der Waals surface area contributed by atoms with E-state index in [1.165, 1.54) is 19.9 Å². The maximum atomic E-state index is 14.1. The van der Waals surface area contributed by atoms with Crippen LogP contribution < -0.4 is 10.6 Å². The maximum absolute atomic E-state index is 14.1. The average molecular weight is 455 g/mol. The van der Waals surface area contributed by atoms with Crippen molar-refractivity contribution in [1.29, 1.82) is 0 Å². The van der Waals surface area contributed by atoms with Gasteiger partial charge in [0, 0.05) is 58.7 Å². The van der Waals surface area contributed by atoms with Crippen molar-refractivity contribution in [3.05, 3.63) is 65.5 Å². The highest BCUT2D eigenvalue weighted by Gasteiger charge is 2.28. The summed E-state index contributed by atoms with van der Waals surface area (Å²) in [6, 6.07) is 13.3. The molecule has 0 aliphatic carbocycles. The van der Waals surface area contributed by atoms with Gasteiger partial charge in [-0.05, 0) is 35.7 Å². The van der Waals surface area contributed by atoms with Gasteiger partial charge in [-0.3, -0.25) is 19.3 Å². The number of hydrogen-bond acceptors (Lipinski definition) is 4. The predicted molar refractivity (Wildman–Crippen MR) is 125 cm³/mol. The van der Waals surface area contributed by atoms with Gasteiger partial charge in [0.15, 0.2) is 0 Å². The normalized spacial score (nSPS) is 15.4. The van der Waals surface area contributed by atoms with E-state index in [2.05, 4.69) is 15.5 Å². The van der Waals surface area contributed by atoms with Crippen LogP contribution in [0.3, 0.4) is 0 Å². The van der Waals surface area contributed by atoms with Crippen LogP contribution in [0.4, 0.5) is 10.1 Å². The first-order chi connectivity index (χ1) is 15.8. The van der Waals surface area contributed by atoms with Crippen LogP contribution in [-0.4, -0.2) is 59.7 Å². The molecule has 7 nitrogen and oxygen atoms in total. The summed E-state index contributed by atoms with van der Waals surface area (Å²) in [7, 11) is 0. The van der Waals surface area contributed by atoms with Crippen molar-refractivity contribution in [2.24, 2.45) is 0 Å². The van der Waals surface area contributed by atoms with Gasteiger partial charge in [-0.15, -0.1) is 0 Å². The zero-order chi connectivity index (χ0) is 23.8. The Kier molecular flexibility index (Phi) is 8.54. The molecule has 8 heteroatoms. The number of carbonyl (C=O) groups excluding carboxylic acids is 3. The molecule has 1 heterocycles. The fraction of sp³-hybridized carbons (Fsp3) is 0.400. The van der Waals surface area contributed by atoms with Crippen molar-refractivity contribution in [2.75, 3.05) is 31.5 Å². The molecule has 2 aromatic carbocycles. The highest BCUT2D eigenvalue weighted by molar-refractivity contribution is 5.88. The molecule has 1 aliphatic rings. The molecule has 1 saturated heterocycles. The second-order valence-electron chi connectivity index (χ2n) is 8.38. The quantitative estimate of drug-likeness (QED) is 0.674. The molecule has 0 aromatic heterocycles.